The van der Waals surface area contributed by atoms with E-state index in [1.165, 1.54) is 27.8 Å². The zero-order valence-electron chi connectivity index (χ0n) is 15.2. The van der Waals surface area contributed by atoms with E-state index in [0.717, 1.165) is 31.6 Å². The predicted molar refractivity (Wildman–Crippen MR) is 105 cm³/mol. The molecule has 132 valence electrons. The van der Waals surface area contributed by atoms with Crippen LogP contribution in [0.15, 0.2) is 72.8 Å². The van der Waals surface area contributed by atoms with Crippen LogP contribution in [-0.2, 0) is 15.9 Å². The molecule has 1 aliphatic heterocycles. The van der Waals surface area contributed by atoms with Gasteiger partial charge in [-0.25, -0.2) is 0 Å². The third kappa shape index (κ3) is 4.04. The summed E-state index contributed by atoms with van der Waals surface area (Å²) in [6.45, 7) is 3.67. The van der Waals surface area contributed by atoms with Crippen LogP contribution in [0.2, 0.25) is 0 Å². The molecule has 1 heterocycles. The smallest absolute Gasteiger partial charge is 0.183 e. The summed E-state index contributed by atoms with van der Waals surface area (Å²) in [4.78, 5) is 0. The molecule has 2 heteroatoms. The molecule has 0 atom stereocenters. The van der Waals surface area contributed by atoms with Gasteiger partial charge in [0.05, 0.1) is 13.2 Å². The molecule has 4 rings (SSSR count). The molecule has 0 aliphatic carbocycles. The summed E-state index contributed by atoms with van der Waals surface area (Å²) in [6, 6.07) is 26.1. The Hall–Kier alpha value is -2.42. The number of hydrogen-bond donors (Lipinski definition) is 0. The van der Waals surface area contributed by atoms with E-state index < -0.39 is 0 Å². The van der Waals surface area contributed by atoms with Gasteiger partial charge in [0.25, 0.3) is 0 Å². The van der Waals surface area contributed by atoms with Gasteiger partial charge in [0.2, 0.25) is 0 Å². The fraction of sp³-hybridized carbons (Fsp3) is 0.250. The summed E-state index contributed by atoms with van der Waals surface area (Å²) in [5.74, 6) is 0. The van der Waals surface area contributed by atoms with Gasteiger partial charge in [-0.2, -0.15) is 0 Å². The van der Waals surface area contributed by atoms with Crippen LogP contribution in [0, 0.1) is 6.92 Å². The molecule has 26 heavy (non-hydrogen) atoms. The second kappa shape index (κ2) is 7.86. The molecule has 3 aromatic carbocycles. The minimum atomic E-state index is -0.202. The van der Waals surface area contributed by atoms with Crippen molar-refractivity contribution in [1.29, 1.82) is 0 Å². The van der Waals surface area contributed by atoms with Gasteiger partial charge in [-0.1, -0.05) is 78.4 Å². The lowest BCUT2D eigenvalue weighted by molar-refractivity contribution is -0.183. The first-order valence-electron chi connectivity index (χ1n) is 9.26. The van der Waals surface area contributed by atoms with Gasteiger partial charge in [-0.15, -0.1) is 0 Å². The van der Waals surface area contributed by atoms with E-state index in [1.807, 2.05) is 0 Å². The minimum absolute atomic E-state index is 0.202. The molecule has 3 aromatic rings. The van der Waals surface area contributed by atoms with Gasteiger partial charge in [-0.05, 0) is 42.0 Å². The Morgan fingerprint density at radius 2 is 1.19 bits per heavy atom. The number of aryl methyl sites for hydroxylation is 1. The lowest BCUT2D eigenvalue weighted by Crippen LogP contribution is -2.17. The SMILES string of the molecule is Cc1ccc(-c2ccc(Cc3ccc(C4OCCCO4)cc3)cc2)cc1. The zero-order chi connectivity index (χ0) is 17.8. The van der Waals surface area contributed by atoms with Crippen molar-refractivity contribution in [2.75, 3.05) is 13.2 Å². The first-order chi connectivity index (χ1) is 12.8. The number of rotatable bonds is 4. The average molecular weight is 344 g/mol. The van der Waals surface area contributed by atoms with Crippen LogP contribution < -0.4 is 0 Å². The van der Waals surface area contributed by atoms with Crippen molar-refractivity contribution in [3.05, 3.63) is 95.1 Å². The highest BCUT2D eigenvalue weighted by Gasteiger charge is 2.16. The number of benzene rings is 3. The number of hydrogen-bond acceptors (Lipinski definition) is 2. The van der Waals surface area contributed by atoms with Gasteiger partial charge < -0.3 is 9.47 Å². The molecule has 0 saturated carbocycles. The normalized spacial score (nSPS) is 15.1. The van der Waals surface area contributed by atoms with E-state index in [4.69, 9.17) is 9.47 Å². The van der Waals surface area contributed by atoms with Crippen molar-refractivity contribution in [2.45, 2.75) is 26.1 Å². The molecule has 0 spiro atoms. The van der Waals surface area contributed by atoms with Crippen molar-refractivity contribution < 1.29 is 9.47 Å². The molecule has 1 saturated heterocycles. The van der Waals surface area contributed by atoms with Crippen LogP contribution in [-0.4, -0.2) is 13.2 Å². The largest absolute Gasteiger partial charge is 0.348 e. The van der Waals surface area contributed by atoms with Gasteiger partial charge in [0, 0.05) is 5.56 Å². The Morgan fingerprint density at radius 1 is 0.692 bits per heavy atom. The maximum atomic E-state index is 5.66. The van der Waals surface area contributed by atoms with Crippen molar-refractivity contribution in [1.82, 2.24) is 0 Å². The fourth-order valence-corrected chi connectivity index (χ4v) is 3.27. The van der Waals surface area contributed by atoms with Crippen LogP contribution in [0.3, 0.4) is 0 Å². The van der Waals surface area contributed by atoms with Crippen LogP contribution in [0.4, 0.5) is 0 Å². The van der Waals surface area contributed by atoms with Crippen molar-refractivity contribution in [3.63, 3.8) is 0 Å². The maximum absolute atomic E-state index is 5.66. The molecular weight excluding hydrogens is 320 g/mol. The first kappa shape index (κ1) is 17.0. The maximum Gasteiger partial charge on any atom is 0.183 e. The third-order valence-electron chi connectivity index (χ3n) is 4.83. The summed E-state index contributed by atoms with van der Waals surface area (Å²) >= 11 is 0. The summed E-state index contributed by atoms with van der Waals surface area (Å²) in [6.07, 6.45) is 1.71. The molecule has 0 radical (unpaired) electrons. The van der Waals surface area contributed by atoms with E-state index in [0.29, 0.717) is 0 Å². The molecule has 1 fully saturated rings. The van der Waals surface area contributed by atoms with Crippen molar-refractivity contribution in [2.24, 2.45) is 0 Å². The van der Waals surface area contributed by atoms with Crippen molar-refractivity contribution in [3.8, 4) is 11.1 Å². The molecule has 0 bridgehead atoms. The minimum Gasteiger partial charge on any atom is -0.348 e. The second-order valence-corrected chi connectivity index (χ2v) is 6.91. The zero-order valence-corrected chi connectivity index (χ0v) is 15.2. The van der Waals surface area contributed by atoms with Gasteiger partial charge in [0.1, 0.15) is 0 Å². The molecule has 2 nitrogen and oxygen atoms in total. The Balaban J connectivity index is 1.43. The average Bonchev–Trinajstić information content (AvgIpc) is 2.71. The monoisotopic (exact) mass is 344 g/mol. The first-order valence-corrected chi connectivity index (χ1v) is 9.26. The molecule has 0 N–H and O–H groups in total. The second-order valence-electron chi connectivity index (χ2n) is 6.91. The van der Waals surface area contributed by atoms with Crippen molar-refractivity contribution >= 4 is 0 Å². The summed E-state index contributed by atoms with van der Waals surface area (Å²) in [5, 5.41) is 0. The number of ether oxygens (including phenoxy) is 2. The fourth-order valence-electron chi connectivity index (χ4n) is 3.27. The summed E-state index contributed by atoms with van der Waals surface area (Å²) < 4.78 is 11.3. The van der Waals surface area contributed by atoms with Crippen LogP contribution >= 0.6 is 0 Å². The molecule has 0 unspecified atom stereocenters. The molecular formula is C24H24O2. The van der Waals surface area contributed by atoms with E-state index in [1.54, 1.807) is 0 Å². The predicted octanol–water partition coefficient (Wildman–Crippen LogP) is 5.69. The Morgan fingerprint density at radius 3 is 1.77 bits per heavy atom. The standard InChI is InChI=1S/C24H24O2/c1-18-3-9-21(10-4-18)22-11-5-19(6-12-22)17-20-7-13-23(14-8-20)24-25-15-2-16-26-24/h3-14,24H,2,15-17H2,1H3. The van der Waals surface area contributed by atoms with E-state index in [-0.39, 0.29) is 6.29 Å². The van der Waals surface area contributed by atoms with E-state index in [2.05, 4.69) is 79.7 Å². The Bertz CT molecular complexity index is 827. The third-order valence-corrected chi connectivity index (χ3v) is 4.83. The topological polar surface area (TPSA) is 18.5 Å². The lowest BCUT2D eigenvalue weighted by Gasteiger charge is -2.23. The van der Waals surface area contributed by atoms with Gasteiger partial charge in [0.15, 0.2) is 6.29 Å². The summed E-state index contributed by atoms with van der Waals surface area (Å²) in [7, 11) is 0. The molecule has 0 amide bonds. The highest BCUT2D eigenvalue weighted by molar-refractivity contribution is 5.64. The highest BCUT2D eigenvalue weighted by Crippen LogP contribution is 2.24. The van der Waals surface area contributed by atoms with Crippen LogP contribution in [0.1, 0.15) is 35.0 Å². The van der Waals surface area contributed by atoms with Gasteiger partial charge >= 0.3 is 0 Å². The van der Waals surface area contributed by atoms with Crippen LogP contribution in [0.5, 0.6) is 0 Å². The Labute approximate surface area is 155 Å². The lowest BCUT2D eigenvalue weighted by atomic mass is 9.99. The molecule has 0 aromatic heterocycles. The quantitative estimate of drug-likeness (QED) is 0.605. The summed E-state index contributed by atoms with van der Waals surface area (Å²) in [5.41, 5.74) is 7.53. The van der Waals surface area contributed by atoms with Crippen LogP contribution in [0.25, 0.3) is 11.1 Å². The van der Waals surface area contributed by atoms with E-state index >= 15 is 0 Å². The van der Waals surface area contributed by atoms with E-state index in [9.17, 15) is 0 Å². The highest BCUT2D eigenvalue weighted by atomic mass is 16.7. The Kier molecular flexibility index (Phi) is 5.14. The van der Waals surface area contributed by atoms with Gasteiger partial charge in [-0.3, -0.25) is 0 Å². The molecule has 1 aliphatic rings.